The molecule has 0 radical (unpaired) electrons. The lowest BCUT2D eigenvalue weighted by Crippen LogP contribution is -2.42. The first-order valence-electron chi connectivity index (χ1n) is 12.8. The quantitative estimate of drug-likeness (QED) is 0.285. The summed E-state index contributed by atoms with van der Waals surface area (Å²) < 4.78 is 15.4. The van der Waals surface area contributed by atoms with Crippen LogP contribution in [-0.2, 0) is 22.7 Å². The number of nitrogens with one attached hydrogen (secondary N) is 1. The van der Waals surface area contributed by atoms with Gasteiger partial charge in [-0.2, -0.15) is 0 Å². The van der Waals surface area contributed by atoms with E-state index < -0.39 is 17.8 Å². The second-order valence-electron chi connectivity index (χ2n) is 9.63. The molecule has 1 aromatic heterocycles. The van der Waals surface area contributed by atoms with E-state index in [9.17, 15) is 14.0 Å². The molecule has 2 amide bonds. The highest BCUT2D eigenvalue weighted by Crippen LogP contribution is 2.27. The minimum absolute atomic E-state index is 0.129. The van der Waals surface area contributed by atoms with Crippen LogP contribution in [0.15, 0.2) is 103 Å². The summed E-state index contributed by atoms with van der Waals surface area (Å²) in [6.45, 7) is 0.0250. The van der Waals surface area contributed by atoms with E-state index in [0.29, 0.717) is 22.3 Å². The maximum atomic E-state index is 14.0. The number of fused-ring (bicyclic) bond motifs is 1. The van der Waals surface area contributed by atoms with Gasteiger partial charge in [-0.15, -0.1) is 5.10 Å². The molecular formula is C31H29FN6O2. The zero-order valence-electron chi connectivity index (χ0n) is 22.2. The lowest BCUT2D eigenvalue weighted by molar-refractivity contribution is -0.140. The Morgan fingerprint density at radius 3 is 2.25 bits per heavy atom. The lowest BCUT2D eigenvalue weighted by atomic mass is 10.0. The number of halogens is 1. The van der Waals surface area contributed by atoms with Gasteiger partial charge in [-0.25, -0.2) is 9.07 Å². The van der Waals surface area contributed by atoms with E-state index in [1.165, 1.54) is 33.8 Å². The molecule has 1 unspecified atom stereocenters. The first kappa shape index (κ1) is 26.6. The van der Waals surface area contributed by atoms with Gasteiger partial charge in [0, 0.05) is 32.0 Å². The topological polar surface area (TPSA) is 83.4 Å². The van der Waals surface area contributed by atoms with Crippen LogP contribution in [0.4, 0.5) is 15.8 Å². The van der Waals surface area contributed by atoms with Crippen molar-refractivity contribution in [3.63, 3.8) is 0 Å². The molecule has 1 atom stereocenters. The average Bonchev–Trinajstić information content (AvgIpc) is 3.37. The molecule has 5 rings (SSSR count). The number of benzene rings is 4. The molecule has 0 bridgehead atoms. The fourth-order valence-corrected chi connectivity index (χ4v) is 4.53. The predicted molar refractivity (Wildman–Crippen MR) is 153 cm³/mol. The van der Waals surface area contributed by atoms with E-state index in [4.69, 9.17) is 0 Å². The molecule has 1 heterocycles. The van der Waals surface area contributed by atoms with Crippen LogP contribution in [0.3, 0.4) is 0 Å². The zero-order chi connectivity index (χ0) is 28.1. The normalized spacial score (nSPS) is 11.7. The average molecular weight is 537 g/mol. The highest BCUT2D eigenvalue weighted by atomic mass is 19.1. The van der Waals surface area contributed by atoms with Crippen molar-refractivity contribution in [2.24, 2.45) is 0 Å². The first-order valence-corrected chi connectivity index (χ1v) is 12.8. The molecule has 0 aliphatic rings. The van der Waals surface area contributed by atoms with E-state index in [2.05, 4.69) is 15.6 Å². The maximum Gasteiger partial charge on any atom is 0.251 e. The van der Waals surface area contributed by atoms with Gasteiger partial charge in [0.25, 0.3) is 5.91 Å². The van der Waals surface area contributed by atoms with Crippen molar-refractivity contribution >= 4 is 34.2 Å². The largest absolute Gasteiger partial charge is 0.378 e. The number of nitrogens with zero attached hydrogens (tertiary/aromatic N) is 5. The Balaban J connectivity index is 1.52. The van der Waals surface area contributed by atoms with Gasteiger partial charge in [0.2, 0.25) is 5.91 Å². The SMILES string of the molecule is CN(C)c1ccc(NC(=O)C(c2ccc(F)cc2)N(Cc2ccccc2)C(=O)Cn2nnc3ccccc32)cc1. The number of rotatable bonds is 9. The number of para-hydroxylation sites is 1. The number of carbonyl (C=O) groups excluding carboxylic acids is 2. The van der Waals surface area contributed by atoms with Crippen LogP contribution in [0, 0.1) is 5.82 Å². The Kier molecular flexibility index (Phi) is 7.82. The van der Waals surface area contributed by atoms with E-state index >= 15 is 0 Å². The summed E-state index contributed by atoms with van der Waals surface area (Å²) in [7, 11) is 3.87. The Morgan fingerprint density at radius 2 is 1.55 bits per heavy atom. The minimum atomic E-state index is -1.04. The molecule has 0 saturated carbocycles. The summed E-state index contributed by atoms with van der Waals surface area (Å²) in [5.74, 6) is -1.19. The highest BCUT2D eigenvalue weighted by Gasteiger charge is 2.32. The van der Waals surface area contributed by atoms with E-state index in [-0.39, 0.29) is 19.0 Å². The van der Waals surface area contributed by atoms with E-state index in [1.807, 2.05) is 85.7 Å². The maximum absolute atomic E-state index is 14.0. The fraction of sp³-hybridized carbons (Fsp3) is 0.161. The van der Waals surface area contributed by atoms with Gasteiger partial charge in [0.1, 0.15) is 23.9 Å². The summed E-state index contributed by atoms with van der Waals surface area (Å²) in [4.78, 5) is 31.4. The number of aromatic nitrogens is 3. The third-order valence-corrected chi connectivity index (χ3v) is 6.62. The molecule has 4 aromatic carbocycles. The second-order valence-corrected chi connectivity index (χ2v) is 9.63. The Morgan fingerprint density at radius 1 is 0.875 bits per heavy atom. The van der Waals surface area contributed by atoms with Crippen molar-refractivity contribution < 1.29 is 14.0 Å². The smallest absolute Gasteiger partial charge is 0.251 e. The third-order valence-electron chi connectivity index (χ3n) is 6.62. The fourth-order valence-electron chi connectivity index (χ4n) is 4.53. The molecule has 8 nitrogen and oxygen atoms in total. The van der Waals surface area contributed by atoms with Gasteiger partial charge in [0.15, 0.2) is 0 Å². The monoisotopic (exact) mass is 536 g/mol. The lowest BCUT2D eigenvalue weighted by Gasteiger charge is -2.31. The molecule has 1 N–H and O–H groups in total. The molecule has 5 aromatic rings. The highest BCUT2D eigenvalue weighted by molar-refractivity contribution is 5.98. The van der Waals surface area contributed by atoms with Crippen LogP contribution in [-0.4, -0.2) is 45.8 Å². The van der Waals surface area contributed by atoms with Crippen LogP contribution in [0.5, 0.6) is 0 Å². The van der Waals surface area contributed by atoms with Gasteiger partial charge in [-0.05, 0) is 59.7 Å². The number of anilines is 2. The van der Waals surface area contributed by atoms with Crippen LogP contribution < -0.4 is 10.2 Å². The van der Waals surface area contributed by atoms with E-state index in [1.54, 1.807) is 12.1 Å². The van der Waals surface area contributed by atoms with Crippen molar-refractivity contribution in [3.05, 3.63) is 120 Å². The molecule has 0 aliphatic carbocycles. The Hall–Kier alpha value is -5.05. The number of hydrogen-bond donors (Lipinski definition) is 1. The molecule has 9 heteroatoms. The van der Waals surface area contributed by atoms with Crippen molar-refractivity contribution in [1.82, 2.24) is 19.9 Å². The minimum Gasteiger partial charge on any atom is -0.378 e. The molecule has 0 saturated heterocycles. The molecule has 0 fully saturated rings. The Labute approximate surface area is 231 Å². The number of amides is 2. The number of carbonyl (C=O) groups is 2. The van der Waals surface area contributed by atoms with Gasteiger partial charge >= 0.3 is 0 Å². The number of hydrogen-bond acceptors (Lipinski definition) is 5. The molecule has 202 valence electrons. The molecule has 0 spiro atoms. The predicted octanol–water partition coefficient (Wildman–Crippen LogP) is 5.05. The third kappa shape index (κ3) is 5.99. The van der Waals surface area contributed by atoms with Crippen molar-refractivity contribution in [3.8, 4) is 0 Å². The van der Waals surface area contributed by atoms with Crippen molar-refractivity contribution in [1.29, 1.82) is 0 Å². The summed E-state index contributed by atoms with van der Waals surface area (Å²) in [6, 6.07) is 28.8. The first-order chi connectivity index (χ1) is 19.4. The van der Waals surface area contributed by atoms with E-state index in [0.717, 1.165) is 11.3 Å². The van der Waals surface area contributed by atoms with Crippen LogP contribution in [0.2, 0.25) is 0 Å². The van der Waals surface area contributed by atoms with Crippen LogP contribution >= 0.6 is 0 Å². The van der Waals surface area contributed by atoms with Crippen LogP contribution in [0.25, 0.3) is 11.0 Å². The summed E-state index contributed by atoms with van der Waals surface area (Å²) in [6.07, 6.45) is 0. The zero-order valence-corrected chi connectivity index (χ0v) is 22.2. The van der Waals surface area contributed by atoms with Crippen LogP contribution in [0.1, 0.15) is 17.2 Å². The van der Waals surface area contributed by atoms with Gasteiger partial charge in [0.05, 0.1) is 5.52 Å². The summed E-state index contributed by atoms with van der Waals surface area (Å²) in [5.41, 5.74) is 4.26. The molecular weight excluding hydrogens is 507 g/mol. The van der Waals surface area contributed by atoms with Gasteiger partial charge in [-0.3, -0.25) is 9.59 Å². The Bertz CT molecular complexity index is 1600. The standard InChI is InChI=1S/C31H29FN6O2/c1-36(2)26-18-16-25(17-19-26)33-31(40)30(23-12-14-24(32)15-13-23)37(20-22-8-4-3-5-9-22)29(39)21-38-28-11-7-6-10-27(28)34-35-38/h3-19,30H,20-21H2,1-2H3,(H,33,40). The van der Waals surface area contributed by atoms with Gasteiger partial charge < -0.3 is 15.1 Å². The van der Waals surface area contributed by atoms with Gasteiger partial charge in [-0.1, -0.05) is 59.8 Å². The second kappa shape index (κ2) is 11.8. The summed E-state index contributed by atoms with van der Waals surface area (Å²) in [5, 5.41) is 11.3. The molecule has 40 heavy (non-hydrogen) atoms. The van der Waals surface area contributed by atoms with Crippen molar-refractivity contribution in [2.45, 2.75) is 19.1 Å². The summed E-state index contributed by atoms with van der Waals surface area (Å²) >= 11 is 0. The molecule has 0 aliphatic heterocycles. The van der Waals surface area contributed by atoms with Crippen molar-refractivity contribution in [2.75, 3.05) is 24.3 Å².